The zero-order valence-corrected chi connectivity index (χ0v) is 12.5. The van der Waals surface area contributed by atoms with E-state index < -0.39 is 0 Å². The van der Waals surface area contributed by atoms with Crippen molar-refractivity contribution in [3.05, 3.63) is 70.5 Å². The number of halogens is 1. The molecule has 20 heavy (non-hydrogen) atoms. The average Bonchev–Trinajstić information content (AvgIpc) is 2.97. The van der Waals surface area contributed by atoms with Crippen molar-refractivity contribution in [3.63, 3.8) is 0 Å². The first-order valence-corrected chi connectivity index (χ1v) is 7.75. The predicted molar refractivity (Wildman–Crippen MR) is 84.7 cm³/mol. The molecule has 1 N–H and O–H groups in total. The number of benzene rings is 1. The van der Waals surface area contributed by atoms with E-state index in [0.29, 0.717) is 17.9 Å². The fourth-order valence-corrected chi connectivity index (χ4v) is 3.84. The van der Waals surface area contributed by atoms with Crippen LogP contribution in [0.4, 0.5) is 5.69 Å². The Bertz CT molecular complexity index is 666. The van der Waals surface area contributed by atoms with Gasteiger partial charge in [0.15, 0.2) is 0 Å². The normalized spacial score (nSPS) is 26.8. The number of hydrogen-bond donors (Lipinski definition) is 1. The minimum atomic E-state index is 0.367. The molecule has 2 aromatic rings. The monoisotopic (exact) mass is 326 g/mol. The molecule has 1 aromatic heterocycles. The van der Waals surface area contributed by atoms with Crippen molar-refractivity contribution in [2.75, 3.05) is 5.32 Å². The molecule has 2 nitrogen and oxygen atoms in total. The highest BCUT2D eigenvalue weighted by molar-refractivity contribution is 9.10. The standard InChI is InChI=1S/C17H15BrN2/c18-12-4-5-16-15(10-12)13-2-1-3-14(13)17(20-16)11-6-8-19-9-7-11/h1-2,4-10,13-14,17,20H,3H2/t13-,14-,17-/m0/s1. The highest BCUT2D eigenvalue weighted by Crippen LogP contribution is 2.50. The van der Waals surface area contributed by atoms with Crippen molar-refractivity contribution < 1.29 is 0 Å². The van der Waals surface area contributed by atoms with Gasteiger partial charge >= 0.3 is 0 Å². The van der Waals surface area contributed by atoms with E-state index in [2.05, 4.69) is 68.7 Å². The Morgan fingerprint density at radius 1 is 1.15 bits per heavy atom. The number of nitrogens with one attached hydrogen (secondary N) is 1. The number of allylic oxidation sites excluding steroid dienone is 2. The zero-order valence-electron chi connectivity index (χ0n) is 11.0. The maximum atomic E-state index is 4.13. The lowest BCUT2D eigenvalue weighted by molar-refractivity contribution is 0.425. The molecule has 1 aromatic carbocycles. The molecule has 0 amide bonds. The molecule has 1 aliphatic carbocycles. The van der Waals surface area contributed by atoms with Gasteiger partial charge in [-0.05, 0) is 53.8 Å². The first kappa shape index (κ1) is 12.2. The van der Waals surface area contributed by atoms with Crippen LogP contribution < -0.4 is 5.32 Å². The zero-order chi connectivity index (χ0) is 13.5. The van der Waals surface area contributed by atoms with Gasteiger partial charge in [0.2, 0.25) is 0 Å². The number of fused-ring (bicyclic) bond motifs is 3. The van der Waals surface area contributed by atoms with Gasteiger partial charge in [-0.2, -0.15) is 0 Å². The van der Waals surface area contributed by atoms with E-state index in [1.165, 1.54) is 16.8 Å². The van der Waals surface area contributed by atoms with Gasteiger partial charge in [0.25, 0.3) is 0 Å². The molecular formula is C17H15BrN2. The second-order valence-corrected chi connectivity index (χ2v) is 6.40. The van der Waals surface area contributed by atoms with Crippen LogP contribution in [0.1, 0.15) is 29.5 Å². The van der Waals surface area contributed by atoms with Crippen molar-refractivity contribution in [2.45, 2.75) is 18.4 Å². The van der Waals surface area contributed by atoms with Crippen LogP contribution in [0.3, 0.4) is 0 Å². The summed E-state index contributed by atoms with van der Waals surface area (Å²) in [4.78, 5) is 4.13. The Morgan fingerprint density at radius 2 is 2.00 bits per heavy atom. The van der Waals surface area contributed by atoms with Crippen LogP contribution in [0.2, 0.25) is 0 Å². The van der Waals surface area contributed by atoms with Crippen LogP contribution in [-0.2, 0) is 0 Å². The average molecular weight is 327 g/mol. The summed E-state index contributed by atoms with van der Waals surface area (Å²) in [5, 5.41) is 3.72. The lowest BCUT2D eigenvalue weighted by atomic mass is 9.77. The molecule has 0 unspecified atom stereocenters. The fraction of sp³-hybridized carbons (Fsp3) is 0.235. The van der Waals surface area contributed by atoms with E-state index in [4.69, 9.17) is 0 Å². The lowest BCUT2D eigenvalue weighted by Gasteiger charge is -2.37. The molecule has 0 fully saturated rings. The molecule has 0 spiro atoms. The Balaban J connectivity index is 1.80. The van der Waals surface area contributed by atoms with E-state index >= 15 is 0 Å². The summed E-state index contributed by atoms with van der Waals surface area (Å²) in [6, 6.07) is 11.1. The summed E-state index contributed by atoms with van der Waals surface area (Å²) in [7, 11) is 0. The third-order valence-corrected chi connectivity index (χ3v) is 4.88. The third kappa shape index (κ3) is 1.88. The number of hydrogen-bond acceptors (Lipinski definition) is 2. The van der Waals surface area contributed by atoms with Gasteiger partial charge in [-0.25, -0.2) is 0 Å². The number of pyridine rings is 1. The predicted octanol–water partition coefficient (Wildman–Crippen LogP) is 4.67. The Labute approximate surface area is 127 Å². The Kier molecular flexibility index (Phi) is 2.88. The second-order valence-electron chi connectivity index (χ2n) is 5.49. The minimum absolute atomic E-state index is 0.367. The smallest absolute Gasteiger partial charge is 0.0555 e. The van der Waals surface area contributed by atoms with Gasteiger partial charge in [0, 0.05) is 28.5 Å². The lowest BCUT2D eigenvalue weighted by Crippen LogP contribution is -2.29. The van der Waals surface area contributed by atoms with Crippen LogP contribution >= 0.6 is 15.9 Å². The van der Waals surface area contributed by atoms with Crippen LogP contribution in [0.25, 0.3) is 0 Å². The molecule has 2 aliphatic rings. The summed E-state index contributed by atoms with van der Waals surface area (Å²) in [6.07, 6.45) is 9.58. The first-order chi connectivity index (χ1) is 9.83. The van der Waals surface area contributed by atoms with Crippen LogP contribution in [0.5, 0.6) is 0 Å². The first-order valence-electron chi connectivity index (χ1n) is 6.95. The van der Waals surface area contributed by atoms with Crippen molar-refractivity contribution in [3.8, 4) is 0 Å². The van der Waals surface area contributed by atoms with Gasteiger partial charge in [-0.3, -0.25) is 4.98 Å². The quantitative estimate of drug-likeness (QED) is 0.770. The SMILES string of the molecule is Brc1ccc2c(c1)[C@H]1C=CC[C@@H]1[C@H](c1ccncc1)N2. The van der Waals surface area contributed by atoms with Crippen LogP contribution in [-0.4, -0.2) is 4.98 Å². The molecular weight excluding hydrogens is 312 g/mol. The molecule has 0 radical (unpaired) electrons. The van der Waals surface area contributed by atoms with Gasteiger partial charge in [-0.15, -0.1) is 0 Å². The second kappa shape index (κ2) is 4.74. The van der Waals surface area contributed by atoms with Crippen LogP contribution in [0.15, 0.2) is 59.4 Å². The molecule has 4 rings (SSSR count). The topological polar surface area (TPSA) is 24.9 Å². The molecule has 3 atom stereocenters. The van der Waals surface area contributed by atoms with Crippen molar-refractivity contribution in [1.29, 1.82) is 0 Å². The maximum Gasteiger partial charge on any atom is 0.0555 e. The molecule has 0 bridgehead atoms. The van der Waals surface area contributed by atoms with Crippen LogP contribution in [0, 0.1) is 5.92 Å². The van der Waals surface area contributed by atoms with E-state index in [0.717, 1.165) is 10.9 Å². The number of anilines is 1. The summed E-state index contributed by atoms with van der Waals surface area (Å²) in [6.45, 7) is 0. The number of nitrogens with zero attached hydrogens (tertiary/aromatic N) is 1. The Hall–Kier alpha value is -1.61. The summed E-state index contributed by atoms with van der Waals surface area (Å²) in [5.41, 5.74) is 3.98. The largest absolute Gasteiger partial charge is 0.378 e. The third-order valence-electron chi connectivity index (χ3n) is 4.39. The molecule has 2 heterocycles. The molecule has 1 aliphatic heterocycles. The molecule has 100 valence electrons. The van der Waals surface area contributed by atoms with Gasteiger partial charge in [0.1, 0.15) is 0 Å². The highest BCUT2D eigenvalue weighted by Gasteiger charge is 2.37. The maximum absolute atomic E-state index is 4.13. The number of rotatable bonds is 1. The molecule has 3 heteroatoms. The van der Waals surface area contributed by atoms with Gasteiger partial charge < -0.3 is 5.32 Å². The summed E-state index contributed by atoms with van der Waals surface area (Å²) in [5.74, 6) is 1.11. The Morgan fingerprint density at radius 3 is 2.85 bits per heavy atom. The molecule has 0 saturated heterocycles. The molecule has 0 saturated carbocycles. The van der Waals surface area contributed by atoms with E-state index in [-0.39, 0.29) is 0 Å². The number of aromatic nitrogens is 1. The minimum Gasteiger partial charge on any atom is -0.378 e. The highest BCUT2D eigenvalue weighted by atomic mass is 79.9. The van der Waals surface area contributed by atoms with Crippen molar-refractivity contribution in [1.82, 2.24) is 4.98 Å². The van der Waals surface area contributed by atoms with E-state index in [9.17, 15) is 0 Å². The van der Waals surface area contributed by atoms with Crippen molar-refractivity contribution >= 4 is 21.6 Å². The van der Waals surface area contributed by atoms with Gasteiger partial charge in [0.05, 0.1) is 6.04 Å². The fourth-order valence-electron chi connectivity index (χ4n) is 3.47. The van der Waals surface area contributed by atoms with E-state index in [1.54, 1.807) is 0 Å². The summed E-state index contributed by atoms with van der Waals surface area (Å²) < 4.78 is 1.15. The summed E-state index contributed by atoms with van der Waals surface area (Å²) >= 11 is 3.59. The van der Waals surface area contributed by atoms with Gasteiger partial charge in [-0.1, -0.05) is 28.1 Å². The van der Waals surface area contributed by atoms with Crippen molar-refractivity contribution in [2.24, 2.45) is 5.92 Å². The van der Waals surface area contributed by atoms with E-state index in [1.807, 2.05) is 12.4 Å².